The molecule has 0 aromatic heterocycles. The summed E-state index contributed by atoms with van der Waals surface area (Å²) in [7, 11) is 0. The molecule has 2 fully saturated rings. The van der Waals surface area contributed by atoms with Crippen LogP contribution in [0.15, 0.2) is 36.4 Å². The molecule has 0 radical (unpaired) electrons. The molecule has 1 atom stereocenters. The molecule has 4 nitrogen and oxygen atoms in total. The molecule has 4 heteroatoms. The molecule has 2 N–H and O–H groups in total. The normalized spacial score (nSPS) is 20.1. The monoisotopic (exact) mass is 352 g/mol. The molecule has 0 bridgehead atoms. The lowest BCUT2D eigenvalue weighted by Gasteiger charge is -2.22. The largest absolute Gasteiger partial charge is 0.494 e. The van der Waals surface area contributed by atoms with Crippen molar-refractivity contribution < 1.29 is 9.53 Å². The van der Waals surface area contributed by atoms with E-state index in [4.69, 9.17) is 4.74 Å². The van der Waals surface area contributed by atoms with E-state index < -0.39 is 0 Å². The van der Waals surface area contributed by atoms with Crippen LogP contribution in [0.3, 0.4) is 0 Å². The van der Waals surface area contributed by atoms with Gasteiger partial charge >= 0.3 is 0 Å². The Bertz CT molecular complexity index is 764. The molecule has 1 amide bonds. The van der Waals surface area contributed by atoms with E-state index in [9.17, 15) is 4.79 Å². The van der Waals surface area contributed by atoms with Crippen LogP contribution in [0.5, 0.6) is 5.75 Å². The molecule has 4 rings (SSSR count). The average molecular weight is 352 g/mol. The highest BCUT2D eigenvalue weighted by Crippen LogP contribution is 2.24. The van der Waals surface area contributed by atoms with Gasteiger partial charge in [-0.2, -0.15) is 0 Å². The van der Waals surface area contributed by atoms with E-state index in [1.807, 2.05) is 30.3 Å². The van der Waals surface area contributed by atoms with Gasteiger partial charge in [-0.25, -0.2) is 0 Å². The molecule has 1 saturated heterocycles. The van der Waals surface area contributed by atoms with Crippen molar-refractivity contribution in [2.75, 3.05) is 19.7 Å². The Labute approximate surface area is 155 Å². The number of fused-ring (bicyclic) bond motifs is 1. The summed E-state index contributed by atoms with van der Waals surface area (Å²) < 4.78 is 5.94. The molecule has 1 aliphatic heterocycles. The zero-order valence-corrected chi connectivity index (χ0v) is 15.3. The summed E-state index contributed by atoms with van der Waals surface area (Å²) in [6.07, 6.45) is 7.20. The van der Waals surface area contributed by atoms with Gasteiger partial charge in [-0.3, -0.25) is 4.79 Å². The lowest BCUT2D eigenvalue weighted by molar-refractivity contribution is 0.0951. The highest BCUT2D eigenvalue weighted by atomic mass is 16.5. The minimum absolute atomic E-state index is 0.0342. The van der Waals surface area contributed by atoms with Crippen LogP contribution in [0.2, 0.25) is 0 Å². The summed E-state index contributed by atoms with van der Waals surface area (Å²) in [5, 5.41) is 8.70. The van der Waals surface area contributed by atoms with Crippen molar-refractivity contribution in [1.29, 1.82) is 0 Å². The number of carbonyl (C=O) groups excluding carboxylic acids is 1. The number of ether oxygens (including phenoxy) is 1. The second-order valence-corrected chi connectivity index (χ2v) is 7.67. The van der Waals surface area contributed by atoms with Crippen LogP contribution in [0, 0.1) is 5.92 Å². The lowest BCUT2D eigenvalue weighted by atomic mass is 9.95. The van der Waals surface area contributed by atoms with Crippen LogP contribution in [0.25, 0.3) is 10.8 Å². The van der Waals surface area contributed by atoms with E-state index in [-0.39, 0.29) is 5.91 Å². The Morgan fingerprint density at radius 1 is 1.12 bits per heavy atom. The molecule has 2 aliphatic rings. The minimum atomic E-state index is 0.0342. The van der Waals surface area contributed by atoms with E-state index in [1.54, 1.807) is 0 Å². The molecule has 26 heavy (non-hydrogen) atoms. The lowest BCUT2D eigenvalue weighted by Crippen LogP contribution is -2.29. The summed E-state index contributed by atoms with van der Waals surface area (Å²) in [4.78, 5) is 12.2. The second-order valence-electron chi connectivity index (χ2n) is 7.67. The van der Waals surface area contributed by atoms with Gasteiger partial charge in [0.2, 0.25) is 0 Å². The molecule has 1 heterocycles. The molecule has 0 spiro atoms. The molecule has 2 aromatic carbocycles. The number of piperidine rings is 1. The van der Waals surface area contributed by atoms with Crippen LogP contribution in [-0.4, -0.2) is 31.6 Å². The van der Waals surface area contributed by atoms with Crippen LogP contribution >= 0.6 is 0 Å². The van der Waals surface area contributed by atoms with Gasteiger partial charge < -0.3 is 15.4 Å². The van der Waals surface area contributed by atoms with Crippen LogP contribution in [-0.2, 0) is 0 Å². The van der Waals surface area contributed by atoms with Crippen molar-refractivity contribution in [2.45, 2.75) is 44.6 Å². The molecule has 1 saturated carbocycles. The summed E-state index contributed by atoms with van der Waals surface area (Å²) in [5.41, 5.74) is 0.735. The van der Waals surface area contributed by atoms with Crippen LogP contribution < -0.4 is 15.4 Å². The first-order valence-corrected chi connectivity index (χ1v) is 9.96. The summed E-state index contributed by atoms with van der Waals surface area (Å²) in [6, 6.07) is 12.4. The fourth-order valence-corrected chi connectivity index (χ4v) is 3.68. The van der Waals surface area contributed by atoms with E-state index in [2.05, 4.69) is 16.7 Å². The molecule has 1 unspecified atom stereocenters. The van der Waals surface area contributed by atoms with Gasteiger partial charge in [0, 0.05) is 11.6 Å². The Morgan fingerprint density at radius 3 is 2.77 bits per heavy atom. The Kier molecular flexibility index (Phi) is 5.40. The first-order chi connectivity index (χ1) is 12.8. The summed E-state index contributed by atoms with van der Waals surface area (Å²) >= 11 is 0. The van der Waals surface area contributed by atoms with Gasteiger partial charge in [-0.05, 0) is 92.6 Å². The van der Waals surface area contributed by atoms with Gasteiger partial charge in [-0.15, -0.1) is 0 Å². The maximum Gasteiger partial charge on any atom is 0.251 e. The first kappa shape index (κ1) is 17.3. The smallest absolute Gasteiger partial charge is 0.251 e. The van der Waals surface area contributed by atoms with Crippen molar-refractivity contribution in [1.82, 2.24) is 10.6 Å². The third kappa shape index (κ3) is 4.55. The number of carbonyl (C=O) groups is 1. The van der Waals surface area contributed by atoms with Crippen LogP contribution in [0.1, 0.15) is 48.9 Å². The quantitative estimate of drug-likeness (QED) is 0.743. The van der Waals surface area contributed by atoms with Gasteiger partial charge in [0.1, 0.15) is 5.75 Å². The Morgan fingerprint density at radius 2 is 1.96 bits per heavy atom. The molecular formula is C22H28N2O2. The fraction of sp³-hybridized carbons (Fsp3) is 0.500. The van der Waals surface area contributed by atoms with Crippen molar-refractivity contribution >= 4 is 16.7 Å². The predicted molar refractivity (Wildman–Crippen MR) is 105 cm³/mol. The van der Waals surface area contributed by atoms with E-state index >= 15 is 0 Å². The van der Waals surface area contributed by atoms with E-state index in [1.165, 1.54) is 25.8 Å². The van der Waals surface area contributed by atoms with Crippen molar-refractivity contribution in [3.63, 3.8) is 0 Å². The number of hydrogen-bond donors (Lipinski definition) is 2. The standard InChI is InChI=1S/C22H28N2O2/c25-22(24-20-8-9-20)19-6-5-18-14-21(10-7-17(18)13-19)26-12-2-4-16-3-1-11-23-15-16/h5-7,10,13-14,16,20,23H,1-4,8-9,11-12,15H2,(H,24,25). The van der Waals surface area contributed by atoms with Crippen molar-refractivity contribution in [2.24, 2.45) is 5.92 Å². The number of hydrogen-bond acceptors (Lipinski definition) is 3. The summed E-state index contributed by atoms with van der Waals surface area (Å²) in [5.74, 6) is 1.76. The first-order valence-electron chi connectivity index (χ1n) is 9.96. The summed E-state index contributed by atoms with van der Waals surface area (Å²) in [6.45, 7) is 3.10. The molecular weight excluding hydrogens is 324 g/mol. The molecule has 2 aromatic rings. The third-order valence-corrected chi connectivity index (χ3v) is 5.41. The number of benzene rings is 2. The average Bonchev–Trinajstić information content (AvgIpc) is 3.49. The van der Waals surface area contributed by atoms with E-state index in [0.29, 0.717) is 6.04 Å². The SMILES string of the molecule is O=C(NC1CC1)c1ccc2cc(OCCCC3CCCNC3)ccc2c1. The topological polar surface area (TPSA) is 50.4 Å². The van der Waals surface area contributed by atoms with Gasteiger partial charge in [0.05, 0.1) is 6.61 Å². The fourth-order valence-electron chi connectivity index (χ4n) is 3.68. The maximum absolute atomic E-state index is 12.2. The van der Waals surface area contributed by atoms with Crippen LogP contribution in [0.4, 0.5) is 0 Å². The molecule has 1 aliphatic carbocycles. The van der Waals surface area contributed by atoms with Gasteiger partial charge in [-0.1, -0.05) is 12.1 Å². The number of nitrogens with one attached hydrogen (secondary N) is 2. The van der Waals surface area contributed by atoms with Gasteiger partial charge in [0.15, 0.2) is 0 Å². The second kappa shape index (κ2) is 8.09. The Balaban J connectivity index is 1.31. The van der Waals surface area contributed by atoms with Gasteiger partial charge in [0.25, 0.3) is 5.91 Å². The zero-order chi connectivity index (χ0) is 17.8. The highest BCUT2D eigenvalue weighted by Gasteiger charge is 2.23. The number of amides is 1. The van der Waals surface area contributed by atoms with Crippen molar-refractivity contribution in [3.8, 4) is 5.75 Å². The van der Waals surface area contributed by atoms with E-state index in [0.717, 1.165) is 60.4 Å². The molecule has 138 valence electrons. The minimum Gasteiger partial charge on any atom is -0.494 e. The third-order valence-electron chi connectivity index (χ3n) is 5.41. The predicted octanol–water partition coefficient (Wildman–Crippen LogP) is 3.89. The number of rotatable bonds is 7. The highest BCUT2D eigenvalue weighted by molar-refractivity contribution is 5.99. The Hall–Kier alpha value is -2.07. The zero-order valence-electron chi connectivity index (χ0n) is 15.3. The maximum atomic E-state index is 12.2. The van der Waals surface area contributed by atoms with Crippen molar-refractivity contribution in [3.05, 3.63) is 42.0 Å².